The first kappa shape index (κ1) is 16.0. The third-order valence-corrected chi connectivity index (χ3v) is 4.37. The number of esters is 1. The highest BCUT2D eigenvalue weighted by atomic mass is 16.5. The summed E-state index contributed by atoms with van der Waals surface area (Å²) in [6, 6.07) is 17.9. The van der Waals surface area contributed by atoms with Crippen molar-refractivity contribution in [1.82, 2.24) is 0 Å². The average molecular weight is 344 g/mol. The Morgan fingerprint density at radius 3 is 2.62 bits per heavy atom. The monoisotopic (exact) mass is 344 g/mol. The molecular formula is C22H16O4. The molecule has 1 aliphatic heterocycles. The first-order chi connectivity index (χ1) is 12.6. The molecule has 3 aromatic rings. The maximum Gasteiger partial charge on any atom is 0.338 e. The predicted molar refractivity (Wildman–Crippen MR) is 98.8 cm³/mol. The predicted octanol–water partition coefficient (Wildman–Crippen LogP) is 2.94. The van der Waals surface area contributed by atoms with Crippen LogP contribution >= 0.6 is 0 Å². The Morgan fingerprint density at radius 2 is 1.81 bits per heavy atom. The molecule has 26 heavy (non-hydrogen) atoms. The quantitative estimate of drug-likeness (QED) is 0.568. The Hall–Kier alpha value is -3.53. The van der Waals surface area contributed by atoms with Gasteiger partial charge in [0.05, 0.1) is 12.7 Å². The molecule has 0 amide bonds. The van der Waals surface area contributed by atoms with Gasteiger partial charge in [-0.2, -0.15) is 0 Å². The molecule has 1 N–H and O–H groups in total. The molecule has 0 fully saturated rings. The fourth-order valence-electron chi connectivity index (χ4n) is 3.20. The molecule has 0 saturated carbocycles. The zero-order valence-electron chi connectivity index (χ0n) is 14.2. The van der Waals surface area contributed by atoms with Gasteiger partial charge in [0.1, 0.15) is 17.2 Å². The number of hydrogen-bond donors (Lipinski definition) is 1. The van der Waals surface area contributed by atoms with E-state index < -0.39 is 5.97 Å². The largest absolute Gasteiger partial charge is 0.508 e. The van der Waals surface area contributed by atoms with Gasteiger partial charge in [0.2, 0.25) is 0 Å². The smallest absolute Gasteiger partial charge is 0.338 e. The van der Waals surface area contributed by atoms with Gasteiger partial charge < -0.3 is 14.6 Å². The summed E-state index contributed by atoms with van der Waals surface area (Å²) in [7, 11) is 1.36. The van der Waals surface area contributed by atoms with Gasteiger partial charge in [-0.15, -0.1) is 0 Å². The third kappa shape index (κ3) is 2.52. The van der Waals surface area contributed by atoms with Crippen molar-refractivity contribution in [2.75, 3.05) is 7.11 Å². The van der Waals surface area contributed by atoms with Crippen LogP contribution in [0, 0.1) is 0 Å². The lowest BCUT2D eigenvalue weighted by Crippen LogP contribution is -2.20. The Bertz CT molecular complexity index is 1150. The zero-order valence-corrected chi connectivity index (χ0v) is 14.2. The summed E-state index contributed by atoms with van der Waals surface area (Å²) < 4.78 is 10.9. The van der Waals surface area contributed by atoms with Crippen molar-refractivity contribution in [2.45, 2.75) is 0 Å². The molecule has 3 aromatic carbocycles. The van der Waals surface area contributed by atoms with Crippen LogP contribution in [0.25, 0.3) is 12.2 Å². The summed E-state index contributed by atoms with van der Waals surface area (Å²) in [4.78, 5) is 12.3. The lowest BCUT2D eigenvalue weighted by molar-refractivity contribution is 0.0600. The number of fused-ring (bicyclic) bond motifs is 2. The van der Waals surface area contributed by atoms with E-state index in [1.165, 1.54) is 7.11 Å². The fourth-order valence-corrected chi connectivity index (χ4v) is 3.20. The summed E-state index contributed by atoms with van der Waals surface area (Å²) in [5, 5.41) is 11.5. The number of benzene rings is 3. The Labute approximate surface area is 150 Å². The minimum atomic E-state index is -0.407. The van der Waals surface area contributed by atoms with Gasteiger partial charge in [0.25, 0.3) is 0 Å². The minimum Gasteiger partial charge on any atom is -0.508 e. The van der Waals surface area contributed by atoms with E-state index in [1.807, 2.05) is 30.3 Å². The number of hydrogen-bond acceptors (Lipinski definition) is 4. The van der Waals surface area contributed by atoms with Crippen molar-refractivity contribution in [3.8, 4) is 17.2 Å². The van der Waals surface area contributed by atoms with E-state index in [-0.39, 0.29) is 5.75 Å². The molecule has 4 heteroatoms. The van der Waals surface area contributed by atoms with Crippen molar-refractivity contribution < 1.29 is 19.4 Å². The molecule has 0 aromatic heterocycles. The highest BCUT2D eigenvalue weighted by molar-refractivity contribution is 5.99. The molecule has 0 aliphatic carbocycles. The van der Waals surface area contributed by atoms with Gasteiger partial charge in [-0.1, -0.05) is 36.9 Å². The highest BCUT2D eigenvalue weighted by Crippen LogP contribution is 2.38. The van der Waals surface area contributed by atoms with E-state index in [9.17, 15) is 9.90 Å². The van der Waals surface area contributed by atoms with Gasteiger partial charge in [-0.25, -0.2) is 4.79 Å². The van der Waals surface area contributed by atoms with Crippen LogP contribution in [0.1, 0.15) is 21.5 Å². The van der Waals surface area contributed by atoms with Gasteiger partial charge in [0, 0.05) is 22.4 Å². The van der Waals surface area contributed by atoms with Crippen LogP contribution in [0.3, 0.4) is 0 Å². The molecule has 4 rings (SSSR count). The van der Waals surface area contributed by atoms with Crippen molar-refractivity contribution in [3.05, 3.63) is 87.8 Å². The summed E-state index contributed by atoms with van der Waals surface area (Å²) in [6.45, 7) is 3.95. The van der Waals surface area contributed by atoms with Crippen LogP contribution in [0.5, 0.6) is 17.2 Å². The molecule has 4 nitrogen and oxygen atoms in total. The maximum atomic E-state index is 12.3. The fraction of sp³-hybridized carbons (Fsp3) is 0.0455. The summed E-state index contributed by atoms with van der Waals surface area (Å²) in [5.74, 6) is 0.858. The number of methoxy groups -OCH3 is 1. The second-order valence-electron chi connectivity index (χ2n) is 6.03. The maximum absolute atomic E-state index is 12.3. The van der Waals surface area contributed by atoms with Crippen LogP contribution in [0.2, 0.25) is 0 Å². The van der Waals surface area contributed by atoms with E-state index in [0.717, 1.165) is 27.1 Å². The first-order valence-corrected chi connectivity index (χ1v) is 8.11. The standard InChI is InChI=1S/C22H16O4/c1-13-7-9-17-19(11-13)26-20-12-14(23)8-10-18(20)21(17)15-5-3-4-6-16(15)22(24)25-2/h3-12,23H,1H2,2H3. The van der Waals surface area contributed by atoms with E-state index in [2.05, 4.69) is 6.58 Å². The third-order valence-electron chi connectivity index (χ3n) is 4.37. The number of phenols is 1. The number of phenolic OH excluding ortho intramolecular Hbond substituents is 1. The Morgan fingerprint density at radius 1 is 1.00 bits per heavy atom. The molecule has 1 aliphatic rings. The van der Waals surface area contributed by atoms with Crippen LogP contribution in [-0.2, 0) is 4.74 Å². The van der Waals surface area contributed by atoms with Gasteiger partial charge >= 0.3 is 5.97 Å². The molecule has 0 radical (unpaired) electrons. The van der Waals surface area contributed by atoms with Crippen LogP contribution in [-0.4, -0.2) is 18.2 Å². The van der Waals surface area contributed by atoms with Gasteiger partial charge in [-0.3, -0.25) is 0 Å². The number of carbonyl (C=O) groups is 1. The molecular weight excluding hydrogens is 328 g/mol. The summed E-state index contributed by atoms with van der Waals surface area (Å²) in [6.07, 6.45) is 0. The molecule has 0 spiro atoms. The van der Waals surface area contributed by atoms with Gasteiger partial charge in [-0.05, 0) is 35.0 Å². The number of ether oxygens (including phenoxy) is 2. The molecule has 0 bridgehead atoms. The number of carbonyl (C=O) groups excluding carboxylic acids is 1. The van der Waals surface area contributed by atoms with Crippen LogP contribution < -0.4 is 15.2 Å². The minimum absolute atomic E-state index is 0.110. The van der Waals surface area contributed by atoms with E-state index in [0.29, 0.717) is 17.1 Å². The molecule has 128 valence electrons. The second-order valence-corrected chi connectivity index (χ2v) is 6.03. The van der Waals surface area contributed by atoms with E-state index in [4.69, 9.17) is 9.47 Å². The van der Waals surface area contributed by atoms with Crippen molar-refractivity contribution in [3.63, 3.8) is 0 Å². The topological polar surface area (TPSA) is 55.8 Å². The SMILES string of the molecule is C=c1ccc2c(c1)Oc1cc(O)ccc1C=2c1ccccc1C(=O)OC. The first-order valence-electron chi connectivity index (χ1n) is 8.11. The van der Waals surface area contributed by atoms with Crippen molar-refractivity contribution in [1.29, 1.82) is 0 Å². The zero-order chi connectivity index (χ0) is 18.3. The molecule has 0 atom stereocenters. The Balaban J connectivity index is 2.13. The molecule has 1 heterocycles. The lowest BCUT2D eigenvalue weighted by atomic mass is 9.89. The number of rotatable bonds is 2. The van der Waals surface area contributed by atoms with Crippen molar-refractivity contribution in [2.24, 2.45) is 0 Å². The normalized spacial score (nSPS) is 12.0. The van der Waals surface area contributed by atoms with Crippen LogP contribution in [0.15, 0.2) is 60.7 Å². The molecule has 0 saturated heterocycles. The summed E-state index contributed by atoms with van der Waals surface area (Å²) in [5.41, 5.74) is 2.86. The average Bonchev–Trinajstić information content (AvgIpc) is 2.65. The second kappa shape index (κ2) is 6.08. The number of aromatic hydroxyl groups is 1. The Kier molecular flexibility index (Phi) is 3.73. The van der Waals surface area contributed by atoms with Gasteiger partial charge in [0.15, 0.2) is 0 Å². The molecule has 0 unspecified atom stereocenters. The summed E-state index contributed by atoms with van der Waals surface area (Å²) >= 11 is 0. The highest BCUT2D eigenvalue weighted by Gasteiger charge is 2.24. The van der Waals surface area contributed by atoms with E-state index >= 15 is 0 Å². The van der Waals surface area contributed by atoms with Crippen molar-refractivity contribution >= 4 is 18.1 Å². The van der Waals surface area contributed by atoms with Crippen LogP contribution in [0.4, 0.5) is 0 Å². The lowest BCUT2D eigenvalue weighted by Gasteiger charge is -2.22. The van der Waals surface area contributed by atoms with E-state index in [1.54, 1.807) is 30.3 Å².